The van der Waals surface area contributed by atoms with Crippen LogP contribution in [0.4, 0.5) is 0 Å². The smallest absolute Gasteiger partial charge is 0.0241 e. The van der Waals surface area contributed by atoms with Gasteiger partial charge in [0.05, 0.1) is 0 Å². The molecule has 0 aliphatic heterocycles. The molecular weight excluding hydrogens is 172 g/mol. The van der Waals surface area contributed by atoms with Gasteiger partial charge in [0.25, 0.3) is 0 Å². The van der Waals surface area contributed by atoms with Crippen molar-refractivity contribution in [1.29, 1.82) is 0 Å². The fourth-order valence-corrected chi connectivity index (χ4v) is 2.04. The van der Waals surface area contributed by atoms with Gasteiger partial charge in [0.1, 0.15) is 0 Å². The van der Waals surface area contributed by atoms with E-state index in [-0.39, 0.29) is 0 Å². The van der Waals surface area contributed by atoms with Gasteiger partial charge in [-0.25, -0.2) is 0 Å². The van der Waals surface area contributed by atoms with Crippen LogP contribution in [-0.4, -0.2) is 6.04 Å². The highest BCUT2D eigenvalue weighted by Crippen LogP contribution is 2.20. The summed E-state index contributed by atoms with van der Waals surface area (Å²) in [7, 11) is 0. The Hall–Kier alpha value is -0.340. The number of nitrogens with one attached hydrogen (secondary N) is 1. The second kappa shape index (κ2) is 9.22. The van der Waals surface area contributed by atoms with E-state index in [1.807, 2.05) is 6.08 Å². The molecule has 0 radical (unpaired) electrons. The number of hydrazine groups is 1. The standard InChI is InChI=1S/C12H26N2/c1-4-7-10-12(14-13)11(8-5-2)9-6-3/h4,11-12,14H,1,5-10,13H2,2-3H3. The summed E-state index contributed by atoms with van der Waals surface area (Å²) in [5, 5.41) is 0. The Kier molecular flexibility index (Phi) is 9.00. The molecule has 0 aromatic carbocycles. The molecule has 2 nitrogen and oxygen atoms in total. The van der Waals surface area contributed by atoms with E-state index in [0.717, 1.165) is 18.8 Å². The van der Waals surface area contributed by atoms with Gasteiger partial charge in [0.2, 0.25) is 0 Å². The molecule has 3 N–H and O–H groups in total. The van der Waals surface area contributed by atoms with E-state index in [0.29, 0.717) is 6.04 Å². The summed E-state index contributed by atoms with van der Waals surface area (Å²) in [5.74, 6) is 6.32. The normalized spacial score (nSPS) is 13.1. The molecule has 0 aliphatic rings. The SMILES string of the molecule is C=CCCC(NN)C(CCC)CCC. The number of rotatable bonds is 9. The van der Waals surface area contributed by atoms with Gasteiger partial charge in [0.15, 0.2) is 0 Å². The van der Waals surface area contributed by atoms with Crippen LogP contribution in [0.2, 0.25) is 0 Å². The predicted octanol–water partition coefficient (Wildman–Crippen LogP) is 3.00. The molecule has 0 bridgehead atoms. The highest BCUT2D eigenvalue weighted by molar-refractivity contribution is 4.78. The van der Waals surface area contributed by atoms with Crippen LogP contribution >= 0.6 is 0 Å². The summed E-state index contributed by atoms with van der Waals surface area (Å²) < 4.78 is 0. The van der Waals surface area contributed by atoms with E-state index in [4.69, 9.17) is 5.84 Å². The van der Waals surface area contributed by atoms with Crippen molar-refractivity contribution in [1.82, 2.24) is 5.43 Å². The minimum atomic E-state index is 0.466. The van der Waals surface area contributed by atoms with Crippen LogP contribution in [0, 0.1) is 5.92 Å². The quantitative estimate of drug-likeness (QED) is 0.339. The van der Waals surface area contributed by atoms with Crippen molar-refractivity contribution in [2.75, 3.05) is 0 Å². The Bertz CT molecular complexity index is 128. The van der Waals surface area contributed by atoms with Crippen LogP contribution in [-0.2, 0) is 0 Å². The van der Waals surface area contributed by atoms with Crippen LogP contribution in [0.3, 0.4) is 0 Å². The van der Waals surface area contributed by atoms with Gasteiger partial charge in [-0.15, -0.1) is 6.58 Å². The molecule has 0 amide bonds. The minimum Gasteiger partial charge on any atom is -0.271 e. The lowest BCUT2D eigenvalue weighted by atomic mass is 9.88. The van der Waals surface area contributed by atoms with E-state index >= 15 is 0 Å². The molecular formula is C12H26N2. The van der Waals surface area contributed by atoms with Crippen molar-refractivity contribution in [2.24, 2.45) is 11.8 Å². The molecule has 1 unspecified atom stereocenters. The van der Waals surface area contributed by atoms with E-state index in [1.54, 1.807) is 0 Å². The Labute approximate surface area is 88.9 Å². The van der Waals surface area contributed by atoms with Crippen molar-refractivity contribution in [2.45, 2.75) is 58.4 Å². The maximum Gasteiger partial charge on any atom is 0.0241 e. The van der Waals surface area contributed by atoms with Gasteiger partial charge in [-0.1, -0.05) is 32.8 Å². The third kappa shape index (κ3) is 5.40. The molecule has 0 spiro atoms. The largest absolute Gasteiger partial charge is 0.271 e. The number of allylic oxidation sites excluding steroid dienone is 1. The monoisotopic (exact) mass is 198 g/mol. The van der Waals surface area contributed by atoms with Crippen LogP contribution < -0.4 is 11.3 Å². The predicted molar refractivity (Wildman–Crippen MR) is 63.8 cm³/mol. The zero-order valence-electron chi connectivity index (χ0n) is 9.76. The molecule has 0 heterocycles. The van der Waals surface area contributed by atoms with Crippen LogP contribution in [0.5, 0.6) is 0 Å². The molecule has 0 rings (SSSR count). The number of hydrogen-bond acceptors (Lipinski definition) is 2. The fraction of sp³-hybridized carbons (Fsp3) is 0.833. The summed E-state index contributed by atoms with van der Waals surface area (Å²) >= 11 is 0. The van der Waals surface area contributed by atoms with Gasteiger partial charge in [0, 0.05) is 6.04 Å². The molecule has 0 saturated heterocycles. The van der Waals surface area contributed by atoms with Crippen molar-refractivity contribution in [3.8, 4) is 0 Å². The van der Waals surface area contributed by atoms with Crippen molar-refractivity contribution in [3.05, 3.63) is 12.7 Å². The van der Waals surface area contributed by atoms with E-state index < -0.39 is 0 Å². The van der Waals surface area contributed by atoms with Gasteiger partial charge >= 0.3 is 0 Å². The first kappa shape index (κ1) is 13.7. The Morgan fingerprint density at radius 3 is 2.14 bits per heavy atom. The first-order valence-electron chi connectivity index (χ1n) is 5.87. The molecule has 2 heteroatoms. The lowest BCUT2D eigenvalue weighted by molar-refractivity contribution is 0.300. The number of hydrogen-bond donors (Lipinski definition) is 2. The first-order chi connectivity index (χ1) is 6.79. The Balaban J connectivity index is 4.02. The van der Waals surface area contributed by atoms with E-state index in [2.05, 4.69) is 25.9 Å². The summed E-state index contributed by atoms with van der Waals surface area (Å²) in [6.45, 7) is 8.23. The van der Waals surface area contributed by atoms with Crippen molar-refractivity contribution < 1.29 is 0 Å². The second-order valence-electron chi connectivity index (χ2n) is 3.98. The van der Waals surface area contributed by atoms with Crippen LogP contribution in [0.1, 0.15) is 52.4 Å². The molecule has 0 fully saturated rings. The maximum absolute atomic E-state index is 5.59. The molecule has 0 aromatic rings. The first-order valence-corrected chi connectivity index (χ1v) is 5.87. The average Bonchev–Trinajstić information content (AvgIpc) is 2.19. The van der Waals surface area contributed by atoms with Crippen molar-refractivity contribution in [3.63, 3.8) is 0 Å². The molecule has 0 aromatic heterocycles. The third-order valence-corrected chi connectivity index (χ3v) is 2.78. The Morgan fingerprint density at radius 1 is 1.21 bits per heavy atom. The maximum atomic E-state index is 5.59. The second-order valence-corrected chi connectivity index (χ2v) is 3.98. The highest BCUT2D eigenvalue weighted by atomic mass is 15.2. The zero-order valence-corrected chi connectivity index (χ0v) is 9.76. The Morgan fingerprint density at radius 2 is 1.79 bits per heavy atom. The lowest BCUT2D eigenvalue weighted by Crippen LogP contribution is -2.40. The van der Waals surface area contributed by atoms with Crippen LogP contribution in [0.25, 0.3) is 0 Å². The van der Waals surface area contributed by atoms with Gasteiger partial charge in [-0.3, -0.25) is 11.3 Å². The summed E-state index contributed by atoms with van der Waals surface area (Å²) in [6.07, 6.45) is 9.19. The van der Waals surface area contributed by atoms with E-state index in [1.165, 1.54) is 25.7 Å². The van der Waals surface area contributed by atoms with Gasteiger partial charge < -0.3 is 0 Å². The highest BCUT2D eigenvalue weighted by Gasteiger charge is 2.17. The van der Waals surface area contributed by atoms with Gasteiger partial charge in [-0.2, -0.15) is 0 Å². The summed E-state index contributed by atoms with van der Waals surface area (Å²) in [4.78, 5) is 0. The molecule has 1 atom stereocenters. The van der Waals surface area contributed by atoms with E-state index in [9.17, 15) is 0 Å². The zero-order chi connectivity index (χ0) is 10.8. The molecule has 0 saturated carbocycles. The lowest BCUT2D eigenvalue weighted by Gasteiger charge is -2.25. The molecule has 0 aliphatic carbocycles. The summed E-state index contributed by atoms with van der Waals surface area (Å²) in [6, 6.07) is 0.466. The van der Waals surface area contributed by atoms with Crippen LogP contribution in [0.15, 0.2) is 12.7 Å². The topological polar surface area (TPSA) is 38.0 Å². The third-order valence-electron chi connectivity index (χ3n) is 2.78. The van der Waals surface area contributed by atoms with Gasteiger partial charge in [-0.05, 0) is 31.6 Å². The minimum absolute atomic E-state index is 0.466. The average molecular weight is 198 g/mol. The number of nitrogens with two attached hydrogens (primary N) is 1. The summed E-state index contributed by atoms with van der Waals surface area (Å²) in [5.41, 5.74) is 2.96. The fourth-order valence-electron chi connectivity index (χ4n) is 2.04. The molecule has 14 heavy (non-hydrogen) atoms. The van der Waals surface area contributed by atoms with Crippen molar-refractivity contribution >= 4 is 0 Å². The molecule has 84 valence electrons.